The summed E-state index contributed by atoms with van der Waals surface area (Å²) in [5.74, 6) is -1.08. The van der Waals surface area contributed by atoms with Gasteiger partial charge in [-0.15, -0.1) is 0 Å². The van der Waals surface area contributed by atoms with Gasteiger partial charge in [-0.05, 0) is 24.6 Å². The van der Waals surface area contributed by atoms with Crippen molar-refractivity contribution in [3.63, 3.8) is 0 Å². The zero-order valence-electron chi connectivity index (χ0n) is 18.8. The number of hydrogen-bond acceptors (Lipinski definition) is 4. The number of amides is 3. The molecule has 2 heterocycles. The molecule has 2 aliphatic heterocycles. The summed E-state index contributed by atoms with van der Waals surface area (Å²) in [5.41, 5.74) is 4.47. The molecule has 2 aliphatic rings. The van der Waals surface area contributed by atoms with Crippen molar-refractivity contribution in [2.45, 2.75) is 19.3 Å². The van der Waals surface area contributed by atoms with Crippen LogP contribution in [0.5, 0.6) is 0 Å². The average Bonchev–Trinajstić information content (AvgIpc) is 3.17. The van der Waals surface area contributed by atoms with E-state index in [1.165, 1.54) is 5.01 Å². The molecule has 1 fully saturated rings. The zero-order chi connectivity index (χ0) is 23.9. The van der Waals surface area contributed by atoms with E-state index in [9.17, 15) is 14.4 Å². The number of benzene rings is 4. The predicted octanol–water partition coefficient (Wildman–Crippen LogP) is 5.42. The lowest BCUT2D eigenvalue weighted by atomic mass is 10.0. The van der Waals surface area contributed by atoms with Crippen LogP contribution in [0.25, 0.3) is 10.8 Å². The van der Waals surface area contributed by atoms with E-state index in [2.05, 4.69) is 0 Å². The van der Waals surface area contributed by atoms with Crippen molar-refractivity contribution in [2.24, 2.45) is 4.99 Å². The number of carbonyl (C=O) groups is 3. The summed E-state index contributed by atoms with van der Waals surface area (Å²) in [5, 5.41) is 3.75. The van der Waals surface area contributed by atoms with Gasteiger partial charge < -0.3 is 0 Å². The highest BCUT2D eigenvalue weighted by molar-refractivity contribution is 6.28. The van der Waals surface area contributed by atoms with Gasteiger partial charge >= 0.3 is 0 Å². The molecule has 0 aromatic heterocycles. The summed E-state index contributed by atoms with van der Waals surface area (Å²) in [6.45, 7) is 0. The van der Waals surface area contributed by atoms with E-state index in [4.69, 9.17) is 4.99 Å². The van der Waals surface area contributed by atoms with Crippen LogP contribution in [-0.2, 0) is 9.59 Å². The molecule has 0 radical (unpaired) electrons. The lowest BCUT2D eigenvalue weighted by Crippen LogP contribution is -2.53. The minimum Gasteiger partial charge on any atom is -0.273 e. The van der Waals surface area contributed by atoms with Gasteiger partial charge in [0.15, 0.2) is 0 Å². The monoisotopic (exact) mass is 459 g/mol. The molecule has 1 saturated heterocycles. The second kappa shape index (κ2) is 8.33. The normalized spacial score (nSPS) is 15.1. The number of hydrogen-bond donors (Lipinski definition) is 0. The molecule has 0 aliphatic carbocycles. The molecule has 6 heteroatoms. The van der Waals surface area contributed by atoms with Gasteiger partial charge in [-0.3, -0.25) is 14.4 Å². The van der Waals surface area contributed by atoms with E-state index in [-0.39, 0.29) is 30.6 Å². The zero-order valence-corrected chi connectivity index (χ0v) is 18.8. The Morgan fingerprint density at radius 1 is 0.657 bits per heavy atom. The van der Waals surface area contributed by atoms with Crippen molar-refractivity contribution in [1.82, 2.24) is 5.01 Å². The van der Waals surface area contributed by atoms with Gasteiger partial charge in [0.1, 0.15) is 0 Å². The first-order chi connectivity index (χ1) is 17.1. The summed E-state index contributed by atoms with van der Waals surface area (Å²) in [6, 6.07) is 29.0. The molecule has 0 bridgehead atoms. The predicted molar refractivity (Wildman–Crippen MR) is 135 cm³/mol. The standard InChI is InChI=1S/C29H21N3O3/c33-25-15-8-16-26(34)32(25)31-24-14-7-13-21-23(18-17-22(27(21)24)29(31)35)30-28(19-9-3-1-4-10-19)20-11-5-2-6-12-20/h1-7,9-14,17-18H,8,15-16H2. The molecule has 35 heavy (non-hydrogen) atoms. The van der Waals surface area contributed by atoms with Crippen LogP contribution in [0.1, 0.15) is 40.7 Å². The fraction of sp³-hybridized carbons (Fsp3) is 0.103. The van der Waals surface area contributed by atoms with Crippen LogP contribution in [0.15, 0.2) is 96.0 Å². The summed E-state index contributed by atoms with van der Waals surface area (Å²) in [4.78, 5) is 43.7. The third-order valence-corrected chi connectivity index (χ3v) is 6.43. The van der Waals surface area contributed by atoms with E-state index < -0.39 is 0 Å². The second-order valence-electron chi connectivity index (χ2n) is 8.59. The average molecular weight is 460 g/mol. The second-order valence-corrected chi connectivity index (χ2v) is 8.59. The molecule has 6 rings (SSSR count). The molecule has 170 valence electrons. The van der Waals surface area contributed by atoms with Crippen LogP contribution in [0.3, 0.4) is 0 Å². The molecule has 0 atom stereocenters. The number of aliphatic imine (C=N–C) groups is 1. The molecule has 0 spiro atoms. The quantitative estimate of drug-likeness (QED) is 0.302. The molecular formula is C29H21N3O3. The highest BCUT2D eigenvalue weighted by Crippen LogP contribution is 2.43. The first-order valence-corrected chi connectivity index (χ1v) is 11.6. The number of piperidine rings is 1. The Balaban J connectivity index is 1.54. The fourth-order valence-corrected chi connectivity index (χ4v) is 4.82. The van der Waals surface area contributed by atoms with Gasteiger partial charge in [0, 0.05) is 34.7 Å². The number of nitrogens with zero attached hydrogens (tertiary/aromatic N) is 3. The minimum absolute atomic E-state index is 0.245. The van der Waals surface area contributed by atoms with Gasteiger partial charge in [-0.1, -0.05) is 72.8 Å². The Morgan fingerprint density at radius 2 is 1.29 bits per heavy atom. The van der Waals surface area contributed by atoms with E-state index >= 15 is 0 Å². The first kappa shape index (κ1) is 21.0. The number of anilines is 1. The Morgan fingerprint density at radius 3 is 1.91 bits per heavy atom. The van der Waals surface area contributed by atoms with Crippen LogP contribution in [0.2, 0.25) is 0 Å². The van der Waals surface area contributed by atoms with Crippen LogP contribution < -0.4 is 5.01 Å². The van der Waals surface area contributed by atoms with Crippen LogP contribution in [0.4, 0.5) is 11.4 Å². The minimum atomic E-state index is -0.373. The van der Waals surface area contributed by atoms with Gasteiger partial charge in [-0.25, -0.2) is 10.0 Å². The highest BCUT2D eigenvalue weighted by Gasteiger charge is 2.41. The van der Waals surface area contributed by atoms with Crippen molar-refractivity contribution < 1.29 is 14.4 Å². The summed E-state index contributed by atoms with van der Waals surface area (Å²) >= 11 is 0. The summed E-state index contributed by atoms with van der Waals surface area (Å²) in [6.07, 6.45) is 0.998. The number of carbonyl (C=O) groups excluding carboxylic acids is 3. The van der Waals surface area contributed by atoms with E-state index in [1.54, 1.807) is 12.1 Å². The van der Waals surface area contributed by atoms with E-state index in [0.29, 0.717) is 28.7 Å². The number of hydrazine groups is 1. The molecule has 3 amide bonds. The molecule has 4 aromatic carbocycles. The van der Waals surface area contributed by atoms with Crippen molar-refractivity contribution in [3.8, 4) is 0 Å². The van der Waals surface area contributed by atoms with Crippen LogP contribution in [-0.4, -0.2) is 28.4 Å². The smallest absolute Gasteiger partial charge is 0.273 e. The topological polar surface area (TPSA) is 70.1 Å². The molecule has 0 N–H and O–H groups in total. The van der Waals surface area contributed by atoms with Gasteiger partial charge in [0.2, 0.25) is 11.8 Å². The summed E-state index contributed by atoms with van der Waals surface area (Å²) < 4.78 is 0. The molecular weight excluding hydrogens is 438 g/mol. The van der Waals surface area contributed by atoms with Crippen LogP contribution >= 0.6 is 0 Å². The largest absolute Gasteiger partial charge is 0.278 e. The molecule has 0 saturated carbocycles. The number of imide groups is 1. The maximum Gasteiger partial charge on any atom is 0.278 e. The lowest BCUT2D eigenvalue weighted by Gasteiger charge is -2.32. The SMILES string of the molecule is O=C1CCCC(=O)N1N1C(=O)c2ccc(N=C(c3ccccc3)c3ccccc3)c3cccc1c23. The van der Waals surface area contributed by atoms with E-state index in [1.807, 2.05) is 78.9 Å². The first-order valence-electron chi connectivity index (χ1n) is 11.6. The van der Waals surface area contributed by atoms with Crippen LogP contribution in [0, 0.1) is 0 Å². The Labute approximate surface area is 202 Å². The highest BCUT2D eigenvalue weighted by atomic mass is 16.2. The van der Waals surface area contributed by atoms with Gasteiger partial charge in [0.25, 0.3) is 5.91 Å². The third kappa shape index (κ3) is 3.42. The summed E-state index contributed by atoms with van der Waals surface area (Å²) in [7, 11) is 0. The maximum absolute atomic E-state index is 13.4. The molecule has 0 unspecified atom stereocenters. The number of rotatable bonds is 4. The Kier molecular flexibility index (Phi) is 4.99. The Hall–Kier alpha value is -4.58. The molecule has 4 aromatic rings. The lowest BCUT2D eigenvalue weighted by molar-refractivity contribution is -0.148. The third-order valence-electron chi connectivity index (χ3n) is 6.43. The van der Waals surface area contributed by atoms with E-state index in [0.717, 1.165) is 27.2 Å². The van der Waals surface area contributed by atoms with Crippen molar-refractivity contribution in [2.75, 3.05) is 5.01 Å². The Bertz CT molecular complexity index is 1470. The van der Waals surface area contributed by atoms with Crippen molar-refractivity contribution >= 4 is 45.6 Å². The maximum atomic E-state index is 13.4. The van der Waals surface area contributed by atoms with Crippen molar-refractivity contribution in [1.29, 1.82) is 0 Å². The van der Waals surface area contributed by atoms with Gasteiger partial charge in [0.05, 0.1) is 22.6 Å². The van der Waals surface area contributed by atoms with Crippen molar-refractivity contribution in [3.05, 3.63) is 108 Å². The fourth-order valence-electron chi connectivity index (χ4n) is 4.82. The van der Waals surface area contributed by atoms with Gasteiger partial charge in [-0.2, -0.15) is 5.01 Å². The molecule has 6 nitrogen and oxygen atoms in total.